The SMILES string of the molecule is COCCCN1C(=O)C(=O)/C(=C(/O)c2cc(C)cc(C)c2OC)C1c1sccc1C. The molecule has 6 nitrogen and oxygen atoms in total. The normalized spacial score (nSPS) is 18.3. The number of benzene rings is 1. The number of thiophene rings is 1. The van der Waals surface area contributed by atoms with E-state index in [2.05, 4.69) is 0 Å². The molecular weight excluding hydrogens is 402 g/mol. The molecular formula is C23H27NO5S. The van der Waals surface area contributed by atoms with E-state index in [-0.39, 0.29) is 11.3 Å². The van der Waals surface area contributed by atoms with Crippen LogP contribution in [0.25, 0.3) is 5.76 Å². The van der Waals surface area contributed by atoms with Gasteiger partial charge in [-0.05, 0) is 61.4 Å². The van der Waals surface area contributed by atoms with E-state index in [0.717, 1.165) is 21.6 Å². The number of Topliss-reactive ketones (excluding diaryl/α,β-unsaturated/α-hetero) is 1. The van der Waals surface area contributed by atoms with E-state index in [1.54, 1.807) is 18.1 Å². The molecule has 1 fully saturated rings. The fourth-order valence-electron chi connectivity index (χ4n) is 3.97. The Morgan fingerprint density at radius 1 is 1.17 bits per heavy atom. The Bertz CT molecular complexity index is 1010. The lowest BCUT2D eigenvalue weighted by molar-refractivity contribution is -0.140. The molecule has 3 rings (SSSR count). The summed E-state index contributed by atoms with van der Waals surface area (Å²) in [4.78, 5) is 28.4. The standard InChI is InChI=1S/C23H27NO5S/c1-13-11-15(3)21(29-5)16(12-13)19(25)17-18(22-14(2)7-10-30-22)24(8-6-9-28-4)23(27)20(17)26/h7,10-12,18,25H,6,8-9H2,1-5H3/b19-17+. The van der Waals surface area contributed by atoms with Crippen LogP contribution in [-0.2, 0) is 14.3 Å². The van der Waals surface area contributed by atoms with Crippen molar-refractivity contribution in [3.05, 3.63) is 56.3 Å². The molecule has 0 radical (unpaired) electrons. The van der Waals surface area contributed by atoms with Crippen molar-refractivity contribution < 1.29 is 24.2 Å². The first kappa shape index (κ1) is 22.1. The maximum absolute atomic E-state index is 13.1. The molecule has 1 aromatic heterocycles. The lowest BCUT2D eigenvalue weighted by atomic mass is 9.96. The molecule has 2 aromatic rings. The van der Waals surface area contributed by atoms with Gasteiger partial charge in [0.1, 0.15) is 11.5 Å². The highest BCUT2D eigenvalue weighted by Crippen LogP contribution is 2.44. The largest absolute Gasteiger partial charge is 0.507 e. The third-order valence-electron chi connectivity index (χ3n) is 5.32. The summed E-state index contributed by atoms with van der Waals surface area (Å²) in [6, 6.07) is 5.04. The number of aryl methyl sites for hydroxylation is 3. The van der Waals surface area contributed by atoms with Crippen molar-refractivity contribution in [2.75, 3.05) is 27.4 Å². The number of rotatable bonds is 7. The van der Waals surface area contributed by atoms with Gasteiger partial charge in [-0.3, -0.25) is 9.59 Å². The first-order chi connectivity index (χ1) is 14.3. The molecule has 160 valence electrons. The van der Waals surface area contributed by atoms with E-state index in [0.29, 0.717) is 30.9 Å². The van der Waals surface area contributed by atoms with Gasteiger partial charge in [-0.1, -0.05) is 6.07 Å². The summed E-state index contributed by atoms with van der Waals surface area (Å²) in [5.41, 5.74) is 3.27. The van der Waals surface area contributed by atoms with Gasteiger partial charge in [-0.25, -0.2) is 0 Å². The second kappa shape index (κ2) is 9.02. The van der Waals surface area contributed by atoms with Crippen molar-refractivity contribution in [2.45, 2.75) is 33.2 Å². The molecule has 1 amide bonds. The van der Waals surface area contributed by atoms with E-state index in [1.807, 2.05) is 38.3 Å². The van der Waals surface area contributed by atoms with Gasteiger partial charge in [0.15, 0.2) is 0 Å². The van der Waals surface area contributed by atoms with Crippen LogP contribution in [0.1, 0.15) is 39.6 Å². The van der Waals surface area contributed by atoms with Crippen molar-refractivity contribution >= 4 is 28.8 Å². The average Bonchev–Trinajstić information content (AvgIpc) is 3.22. The van der Waals surface area contributed by atoms with Gasteiger partial charge in [0.05, 0.1) is 24.3 Å². The highest BCUT2D eigenvalue weighted by atomic mass is 32.1. The van der Waals surface area contributed by atoms with Gasteiger partial charge < -0.3 is 19.5 Å². The fourth-order valence-corrected chi connectivity index (χ4v) is 5.02. The molecule has 1 saturated heterocycles. The number of nitrogens with zero attached hydrogens (tertiary/aromatic N) is 1. The minimum atomic E-state index is -0.677. The predicted octanol–water partition coefficient (Wildman–Crippen LogP) is 4.14. The zero-order valence-corrected chi connectivity index (χ0v) is 18.8. The Hall–Kier alpha value is -2.64. The van der Waals surface area contributed by atoms with Crippen LogP contribution in [0, 0.1) is 20.8 Å². The van der Waals surface area contributed by atoms with Crippen molar-refractivity contribution in [1.29, 1.82) is 0 Å². The number of ether oxygens (including phenoxy) is 2. The summed E-state index contributed by atoms with van der Waals surface area (Å²) < 4.78 is 10.6. The van der Waals surface area contributed by atoms with Crippen LogP contribution in [0.15, 0.2) is 29.2 Å². The van der Waals surface area contributed by atoms with E-state index in [9.17, 15) is 14.7 Å². The number of hydrogen-bond donors (Lipinski definition) is 1. The van der Waals surface area contributed by atoms with Crippen LogP contribution in [0.5, 0.6) is 5.75 Å². The first-order valence-corrected chi connectivity index (χ1v) is 10.7. The summed E-state index contributed by atoms with van der Waals surface area (Å²) in [6.07, 6.45) is 0.595. The van der Waals surface area contributed by atoms with Crippen molar-refractivity contribution in [2.24, 2.45) is 0 Å². The van der Waals surface area contributed by atoms with Crippen LogP contribution >= 0.6 is 11.3 Å². The molecule has 30 heavy (non-hydrogen) atoms. The highest BCUT2D eigenvalue weighted by molar-refractivity contribution is 7.10. The molecule has 1 aliphatic heterocycles. The summed E-state index contributed by atoms with van der Waals surface area (Å²) in [5.74, 6) is -0.993. The topological polar surface area (TPSA) is 76.1 Å². The summed E-state index contributed by atoms with van der Waals surface area (Å²) in [5, 5.41) is 13.2. The van der Waals surface area contributed by atoms with Crippen molar-refractivity contribution in [3.8, 4) is 5.75 Å². The van der Waals surface area contributed by atoms with Crippen LogP contribution in [-0.4, -0.2) is 49.1 Å². The summed E-state index contributed by atoms with van der Waals surface area (Å²) in [6.45, 7) is 6.57. The van der Waals surface area contributed by atoms with E-state index in [1.165, 1.54) is 18.4 Å². The number of carbonyl (C=O) groups excluding carboxylic acids is 2. The van der Waals surface area contributed by atoms with Gasteiger partial charge in [0, 0.05) is 25.1 Å². The first-order valence-electron chi connectivity index (χ1n) is 9.78. The average molecular weight is 430 g/mol. The summed E-state index contributed by atoms with van der Waals surface area (Å²) in [7, 11) is 3.13. The van der Waals surface area contributed by atoms with E-state index in [4.69, 9.17) is 9.47 Å². The molecule has 0 aliphatic carbocycles. The molecule has 1 atom stereocenters. The molecule has 2 heterocycles. The molecule has 1 aliphatic rings. The quantitative estimate of drug-likeness (QED) is 0.310. The second-order valence-electron chi connectivity index (χ2n) is 7.47. The van der Waals surface area contributed by atoms with Crippen LogP contribution in [0.2, 0.25) is 0 Å². The molecule has 1 aromatic carbocycles. The molecule has 1 unspecified atom stereocenters. The van der Waals surface area contributed by atoms with Crippen LogP contribution < -0.4 is 4.74 Å². The number of ketones is 1. The van der Waals surface area contributed by atoms with Crippen molar-refractivity contribution in [1.82, 2.24) is 4.90 Å². The van der Waals surface area contributed by atoms with Gasteiger partial charge in [0.2, 0.25) is 0 Å². The fraction of sp³-hybridized carbons (Fsp3) is 0.391. The second-order valence-corrected chi connectivity index (χ2v) is 8.42. The maximum Gasteiger partial charge on any atom is 0.295 e. The maximum atomic E-state index is 13.1. The van der Waals surface area contributed by atoms with Crippen molar-refractivity contribution in [3.63, 3.8) is 0 Å². The zero-order valence-electron chi connectivity index (χ0n) is 17.9. The Balaban J connectivity index is 2.21. The minimum Gasteiger partial charge on any atom is -0.507 e. The third kappa shape index (κ3) is 3.87. The Morgan fingerprint density at radius 2 is 1.90 bits per heavy atom. The number of likely N-dealkylation sites (tertiary alicyclic amines) is 1. The van der Waals surface area contributed by atoms with E-state index < -0.39 is 17.7 Å². The van der Waals surface area contributed by atoms with Gasteiger partial charge >= 0.3 is 0 Å². The zero-order chi connectivity index (χ0) is 22.0. The number of aliphatic hydroxyl groups is 1. The predicted molar refractivity (Wildman–Crippen MR) is 117 cm³/mol. The van der Waals surface area contributed by atoms with Gasteiger partial charge in [-0.15, -0.1) is 11.3 Å². The number of aliphatic hydroxyl groups excluding tert-OH is 1. The lowest BCUT2D eigenvalue weighted by Crippen LogP contribution is -2.31. The molecule has 1 N–H and O–H groups in total. The molecule has 0 bridgehead atoms. The minimum absolute atomic E-state index is 0.103. The Kier molecular flexibility index (Phi) is 6.63. The monoisotopic (exact) mass is 429 g/mol. The van der Waals surface area contributed by atoms with Crippen LogP contribution in [0.4, 0.5) is 0 Å². The van der Waals surface area contributed by atoms with Crippen LogP contribution in [0.3, 0.4) is 0 Å². The third-order valence-corrected chi connectivity index (χ3v) is 6.39. The lowest BCUT2D eigenvalue weighted by Gasteiger charge is -2.25. The number of amides is 1. The number of carbonyl (C=O) groups is 2. The Morgan fingerprint density at radius 3 is 2.50 bits per heavy atom. The van der Waals surface area contributed by atoms with E-state index >= 15 is 0 Å². The van der Waals surface area contributed by atoms with Gasteiger partial charge in [0.25, 0.3) is 11.7 Å². The van der Waals surface area contributed by atoms with Gasteiger partial charge in [-0.2, -0.15) is 0 Å². The molecule has 0 spiro atoms. The molecule has 7 heteroatoms. The molecule has 0 saturated carbocycles. The Labute approximate surface area is 180 Å². The summed E-state index contributed by atoms with van der Waals surface area (Å²) >= 11 is 1.47. The smallest absolute Gasteiger partial charge is 0.295 e. The number of hydrogen-bond acceptors (Lipinski definition) is 6. The highest BCUT2D eigenvalue weighted by Gasteiger charge is 2.47. The number of methoxy groups -OCH3 is 2.